The zero-order valence-corrected chi connectivity index (χ0v) is 13.3. The lowest BCUT2D eigenvalue weighted by atomic mass is 9.96. The Hall–Kier alpha value is -2.18. The summed E-state index contributed by atoms with van der Waals surface area (Å²) in [6, 6.07) is 9.95. The van der Waals surface area contributed by atoms with Gasteiger partial charge in [-0.05, 0) is 31.5 Å². The maximum atomic E-state index is 12.0. The molecule has 3 rings (SSSR count). The van der Waals surface area contributed by atoms with Crippen molar-refractivity contribution in [2.45, 2.75) is 24.9 Å². The molecule has 1 amide bonds. The van der Waals surface area contributed by atoms with Crippen molar-refractivity contribution in [1.82, 2.24) is 14.7 Å². The van der Waals surface area contributed by atoms with E-state index in [1.807, 2.05) is 47.4 Å². The van der Waals surface area contributed by atoms with Gasteiger partial charge in [-0.1, -0.05) is 18.2 Å². The van der Waals surface area contributed by atoms with E-state index in [1.54, 1.807) is 7.11 Å². The number of nitrogens with zero attached hydrogens (tertiary/aromatic N) is 3. The molecule has 0 spiro atoms. The Labute approximate surface area is 135 Å². The molecule has 1 saturated heterocycles. The molecule has 0 bridgehead atoms. The summed E-state index contributed by atoms with van der Waals surface area (Å²) in [5, 5.41) is 4.41. The fraction of sp³-hybridized carbons (Fsp3) is 0.412. The number of ether oxygens (including phenoxy) is 1. The molecule has 0 saturated carbocycles. The number of carbonyl (C=O) groups is 1. The minimum absolute atomic E-state index is 0.313. The molecule has 122 valence electrons. The van der Waals surface area contributed by atoms with Gasteiger partial charge in [-0.25, -0.2) is 4.68 Å². The number of carbonyl (C=O) groups excluding carboxylic acids is 1. The van der Waals surface area contributed by atoms with Gasteiger partial charge in [0.25, 0.3) is 0 Å². The van der Waals surface area contributed by atoms with Crippen LogP contribution >= 0.6 is 0 Å². The van der Waals surface area contributed by atoms with Gasteiger partial charge in [0.2, 0.25) is 5.91 Å². The van der Waals surface area contributed by atoms with E-state index >= 15 is 0 Å². The van der Waals surface area contributed by atoms with Crippen LogP contribution in [0.5, 0.6) is 0 Å². The summed E-state index contributed by atoms with van der Waals surface area (Å²) in [4.78, 5) is 14.1. The first-order valence-corrected chi connectivity index (χ1v) is 7.78. The van der Waals surface area contributed by atoms with Crippen LogP contribution in [0, 0.1) is 0 Å². The topological polar surface area (TPSA) is 73.4 Å². The van der Waals surface area contributed by atoms with Crippen molar-refractivity contribution in [2.75, 3.05) is 20.3 Å². The average molecular weight is 314 g/mol. The lowest BCUT2D eigenvalue weighted by Crippen LogP contribution is -2.56. The first kappa shape index (κ1) is 15.7. The summed E-state index contributed by atoms with van der Waals surface area (Å²) < 4.78 is 7.11. The van der Waals surface area contributed by atoms with Crippen LogP contribution in [-0.4, -0.2) is 46.4 Å². The minimum Gasteiger partial charge on any atom is -0.382 e. The van der Waals surface area contributed by atoms with Crippen LogP contribution in [0.4, 0.5) is 0 Å². The molecule has 1 aromatic heterocycles. The second-order valence-corrected chi connectivity index (χ2v) is 5.98. The molecule has 0 radical (unpaired) electrons. The van der Waals surface area contributed by atoms with Crippen molar-refractivity contribution in [2.24, 2.45) is 5.73 Å². The van der Waals surface area contributed by atoms with E-state index in [0.717, 1.165) is 30.6 Å². The SMILES string of the molecule is COCC1(C(N)=O)CCCN1Cc1cnn(-c2ccccc2)c1. The van der Waals surface area contributed by atoms with Crippen LogP contribution in [0.1, 0.15) is 18.4 Å². The highest BCUT2D eigenvalue weighted by Crippen LogP contribution is 2.31. The smallest absolute Gasteiger partial charge is 0.240 e. The molecule has 2 aromatic rings. The third-order valence-corrected chi connectivity index (χ3v) is 4.50. The predicted molar refractivity (Wildman–Crippen MR) is 87.0 cm³/mol. The number of nitrogens with two attached hydrogens (primary N) is 1. The number of hydrogen-bond acceptors (Lipinski definition) is 4. The fourth-order valence-electron chi connectivity index (χ4n) is 3.30. The first-order valence-electron chi connectivity index (χ1n) is 7.78. The van der Waals surface area contributed by atoms with E-state index in [9.17, 15) is 4.79 Å². The highest BCUT2D eigenvalue weighted by atomic mass is 16.5. The van der Waals surface area contributed by atoms with Gasteiger partial charge in [0, 0.05) is 25.4 Å². The van der Waals surface area contributed by atoms with E-state index in [-0.39, 0.29) is 5.91 Å². The lowest BCUT2D eigenvalue weighted by molar-refractivity contribution is -0.132. The zero-order valence-electron chi connectivity index (χ0n) is 13.3. The van der Waals surface area contributed by atoms with E-state index in [4.69, 9.17) is 10.5 Å². The van der Waals surface area contributed by atoms with Crippen molar-refractivity contribution in [3.05, 3.63) is 48.3 Å². The molecule has 1 unspecified atom stereocenters. The van der Waals surface area contributed by atoms with Gasteiger partial charge in [0.15, 0.2) is 0 Å². The number of likely N-dealkylation sites (tertiary alicyclic amines) is 1. The molecule has 23 heavy (non-hydrogen) atoms. The molecule has 1 aliphatic heterocycles. The van der Waals surface area contributed by atoms with Crippen LogP contribution in [0.15, 0.2) is 42.7 Å². The second-order valence-electron chi connectivity index (χ2n) is 5.98. The summed E-state index contributed by atoms with van der Waals surface area (Å²) in [5.74, 6) is -0.313. The number of methoxy groups -OCH3 is 1. The number of rotatable bonds is 6. The molecule has 1 atom stereocenters. The number of para-hydroxylation sites is 1. The zero-order chi connectivity index (χ0) is 16.3. The Balaban J connectivity index is 1.79. The van der Waals surface area contributed by atoms with Crippen LogP contribution in [-0.2, 0) is 16.1 Å². The van der Waals surface area contributed by atoms with Crippen molar-refractivity contribution < 1.29 is 9.53 Å². The second kappa shape index (κ2) is 6.52. The molecule has 6 heteroatoms. The number of primary amides is 1. The molecule has 6 nitrogen and oxygen atoms in total. The molecule has 1 fully saturated rings. The van der Waals surface area contributed by atoms with Gasteiger partial charge in [0.1, 0.15) is 5.54 Å². The Morgan fingerprint density at radius 3 is 2.87 bits per heavy atom. The molecule has 0 aliphatic carbocycles. The van der Waals surface area contributed by atoms with E-state index in [0.29, 0.717) is 13.2 Å². The molecular formula is C17H22N4O2. The van der Waals surface area contributed by atoms with Gasteiger partial charge in [-0.15, -0.1) is 0 Å². The lowest BCUT2D eigenvalue weighted by Gasteiger charge is -2.34. The summed E-state index contributed by atoms with van der Waals surface area (Å²) in [5.41, 5.74) is 7.04. The number of aromatic nitrogens is 2. The van der Waals surface area contributed by atoms with E-state index in [1.165, 1.54) is 0 Å². The standard InChI is InChI=1S/C17H22N4O2/c1-23-13-17(16(18)22)8-5-9-20(17)11-14-10-19-21(12-14)15-6-3-2-4-7-15/h2-4,6-7,10,12H,5,8-9,11,13H2,1H3,(H2,18,22). The number of benzene rings is 1. The number of hydrogen-bond donors (Lipinski definition) is 1. The fourth-order valence-corrected chi connectivity index (χ4v) is 3.30. The summed E-state index contributed by atoms with van der Waals surface area (Å²) >= 11 is 0. The molecular weight excluding hydrogens is 292 g/mol. The molecule has 1 aromatic carbocycles. The van der Waals surface area contributed by atoms with Gasteiger partial charge in [0.05, 0.1) is 18.5 Å². The van der Waals surface area contributed by atoms with Gasteiger partial charge < -0.3 is 10.5 Å². The van der Waals surface area contributed by atoms with Crippen LogP contribution < -0.4 is 5.73 Å². The van der Waals surface area contributed by atoms with Crippen LogP contribution in [0.2, 0.25) is 0 Å². The summed E-state index contributed by atoms with van der Waals surface area (Å²) in [7, 11) is 1.61. The van der Waals surface area contributed by atoms with Gasteiger partial charge in [-0.3, -0.25) is 9.69 Å². The van der Waals surface area contributed by atoms with Crippen LogP contribution in [0.3, 0.4) is 0 Å². The summed E-state index contributed by atoms with van der Waals surface area (Å²) in [6.07, 6.45) is 5.51. The van der Waals surface area contributed by atoms with Crippen molar-refractivity contribution in [3.8, 4) is 5.69 Å². The first-order chi connectivity index (χ1) is 11.2. The highest BCUT2D eigenvalue weighted by Gasteiger charge is 2.46. The molecule has 2 heterocycles. The van der Waals surface area contributed by atoms with E-state index in [2.05, 4.69) is 10.00 Å². The number of amides is 1. The van der Waals surface area contributed by atoms with Crippen molar-refractivity contribution >= 4 is 5.91 Å². The maximum Gasteiger partial charge on any atom is 0.240 e. The third kappa shape index (κ3) is 3.00. The Morgan fingerprint density at radius 1 is 1.39 bits per heavy atom. The third-order valence-electron chi connectivity index (χ3n) is 4.50. The molecule has 1 aliphatic rings. The van der Waals surface area contributed by atoms with E-state index < -0.39 is 5.54 Å². The Bertz CT molecular complexity index is 670. The highest BCUT2D eigenvalue weighted by molar-refractivity contribution is 5.85. The van der Waals surface area contributed by atoms with Crippen LogP contribution in [0.25, 0.3) is 5.69 Å². The average Bonchev–Trinajstić information content (AvgIpc) is 3.17. The summed E-state index contributed by atoms with van der Waals surface area (Å²) in [6.45, 7) is 1.80. The maximum absolute atomic E-state index is 12.0. The van der Waals surface area contributed by atoms with Crippen molar-refractivity contribution in [3.63, 3.8) is 0 Å². The molecule has 2 N–H and O–H groups in total. The van der Waals surface area contributed by atoms with Crippen molar-refractivity contribution in [1.29, 1.82) is 0 Å². The van der Waals surface area contributed by atoms with Gasteiger partial charge >= 0.3 is 0 Å². The monoisotopic (exact) mass is 314 g/mol. The normalized spacial score (nSPS) is 21.6. The largest absolute Gasteiger partial charge is 0.382 e. The Kier molecular flexibility index (Phi) is 4.45. The predicted octanol–water partition coefficient (Wildman–Crippen LogP) is 1.34. The Morgan fingerprint density at radius 2 is 2.17 bits per heavy atom. The van der Waals surface area contributed by atoms with Gasteiger partial charge in [-0.2, -0.15) is 5.10 Å². The quantitative estimate of drug-likeness (QED) is 0.873. The minimum atomic E-state index is -0.705.